The number of amides is 1. The molecule has 0 bridgehead atoms. The molecule has 0 heterocycles. The lowest BCUT2D eigenvalue weighted by molar-refractivity contribution is -0.140. The summed E-state index contributed by atoms with van der Waals surface area (Å²) in [6, 6.07) is 0.382. The van der Waals surface area contributed by atoms with E-state index in [1.54, 1.807) is 0 Å². The van der Waals surface area contributed by atoms with Crippen LogP contribution in [-0.2, 0) is 4.79 Å². The van der Waals surface area contributed by atoms with Crippen molar-refractivity contribution < 1.29 is 10.0 Å². The lowest BCUT2D eigenvalue weighted by Crippen LogP contribution is -2.53. The minimum Gasteiger partial charge on any atom is -0.409 e. The van der Waals surface area contributed by atoms with Crippen molar-refractivity contribution in [1.29, 1.82) is 0 Å². The van der Waals surface area contributed by atoms with Gasteiger partial charge in [-0.15, -0.1) is 0 Å². The van der Waals surface area contributed by atoms with E-state index in [0.29, 0.717) is 25.4 Å². The number of oxime groups is 1. The van der Waals surface area contributed by atoms with E-state index < -0.39 is 5.41 Å². The number of nitrogens with zero attached hydrogens (tertiary/aromatic N) is 2. The SMILES string of the molecule is CCN(C(=O)C1(C(N)=NO)CCCCC1)C1CC1. The van der Waals surface area contributed by atoms with Crippen molar-refractivity contribution in [3.05, 3.63) is 0 Å². The van der Waals surface area contributed by atoms with Crippen LogP contribution in [0.4, 0.5) is 0 Å². The lowest BCUT2D eigenvalue weighted by atomic mass is 9.72. The molecule has 2 rings (SSSR count). The van der Waals surface area contributed by atoms with Crippen LogP contribution < -0.4 is 5.73 Å². The molecule has 18 heavy (non-hydrogen) atoms. The van der Waals surface area contributed by atoms with Gasteiger partial charge in [0.05, 0.1) is 0 Å². The Morgan fingerprint density at radius 2 is 2.00 bits per heavy atom. The molecule has 0 aromatic carbocycles. The maximum atomic E-state index is 12.8. The zero-order valence-corrected chi connectivity index (χ0v) is 11.1. The van der Waals surface area contributed by atoms with Gasteiger partial charge < -0.3 is 15.8 Å². The largest absolute Gasteiger partial charge is 0.409 e. The van der Waals surface area contributed by atoms with E-state index in [4.69, 9.17) is 10.9 Å². The number of carbonyl (C=O) groups is 1. The van der Waals surface area contributed by atoms with Crippen LogP contribution in [-0.4, -0.2) is 34.4 Å². The van der Waals surface area contributed by atoms with Gasteiger partial charge in [-0.25, -0.2) is 0 Å². The molecule has 5 heteroatoms. The zero-order chi connectivity index (χ0) is 13.2. The first kappa shape index (κ1) is 13.2. The minimum atomic E-state index is -0.744. The maximum Gasteiger partial charge on any atom is 0.236 e. The van der Waals surface area contributed by atoms with Crippen molar-refractivity contribution >= 4 is 11.7 Å². The number of hydrogen-bond acceptors (Lipinski definition) is 3. The van der Waals surface area contributed by atoms with Crippen LogP contribution in [0.15, 0.2) is 5.16 Å². The normalized spacial score (nSPS) is 23.7. The molecular formula is C13H23N3O2. The van der Waals surface area contributed by atoms with Gasteiger partial charge in [0.25, 0.3) is 0 Å². The second kappa shape index (κ2) is 5.16. The molecule has 0 aromatic heterocycles. The topological polar surface area (TPSA) is 78.9 Å². The van der Waals surface area contributed by atoms with Crippen LogP contribution >= 0.6 is 0 Å². The van der Waals surface area contributed by atoms with Crippen LogP contribution in [0.25, 0.3) is 0 Å². The molecular weight excluding hydrogens is 230 g/mol. The fourth-order valence-electron chi connectivity index (χ4n) is 3.06. The van der Waals surface area contributed by atoms with Gasteiger partial charge in [0, 0.05) is 12.6 Å². The highest BCUT2D eigenvalue weighted by molar-refractivity contribution is 6.07. The van der Waals surface area contributed by atoms with Crippen molar-refractivity contribution in [1.82, 2.24) is 4.90 Å². The van der Waals surface area contributed by atoms with Gasteiger partial charge in [-0.3, -0.25) is 4.79 Å². The van der Waals surface area contributed by atoms with Crippen LogP contribution in [0.5, 0.6) is 0 Å². The summed E-state index contributed by atoms with van der Waals surface area (Å²) < 4.78 is 0. The summed E-state index contributed by atoms with van der Waals surface area (Å²) in [7, 11) is 0. The van der Waals surface area contributed by atoms with Gasteiger partial charge in [0.2, 0.25) is 5.91 Å². The second-order valence-electron chi connectivity index (χ2n) is 5.45. The van der Waals surface area contributed by atoms with Gasteiger partial charge >= 0.3 is 0 Å². The molecule has 2 saturated carbocycles. The number of rotatable bonds is 4. The summed E-state index contributed by atoms with van der Waals surface area (Å²) in [5, 5.41) is 12.2. The van der Waals surface area contributed by atoms with E-state index in [0.717, 1.165) is 32.1 Å². The third-order valence-electron chi connectivity index (χ3n) is 4.30. The second-order valence-corrected chi connectivity index (χ2v) is 5.45. The highest BCUT2D eigenvalue weighted by Gasteiger charge is 2.48. The molecule has 0 radical (unpaired) electrons. The summed E-state index contributed by atoms with van der Waals surface area (Å²) in [4.78, 5) is 14.7. The maximum absolute atomic E-state index is 12.8. The van der Waals surface area contributed by atoms with Crippen molar-refractivity contribution in [3.8, 4) is 0 Å². The first-order valence-corrected chi connectivity index (χ1v) is 6.95. The van der Waals surface area contributed by atoms with E-state index in [2.05, 4.69) is 5.16 Å². The first-order chi connectivity index (χ1) is 8.65. The average molecular weight is 253 g/mol. The lowest BCUT2D eigenvalue weighted by Gasteiger charge is -2.38. The number of nitrogens with two attached hydrogens (primary N) is 1. The fraction of sp³-hybridized carbons (Fsp3) is 0.846. The van der Waals surface area contributed by atoms with Gasteiger partial charge in [0.1, 0.15) is 5.41 Å². The van der Waals surface area contributed by atoms with Crippen molar-refractivity contribution in [2.75, 3.05) is 6.54 Å². The molecule has 2 aliphatic carbocycles. The number of hydrogen-bond donors (Lipinski definition) is 2. The minimum absolute atomic E-state index is 0.0718. The summed E-state index contributed by atoms with van der Waals surface area (Å²) in [5.74, 6) is 0.175. The molecule has 5 nitrogen and oxygen atoms in total. The number of amidine groups is 1. The van der Waals surface area contributed by atoms with E-state index >= 15 is 0 Å². The molecule has 2 fully saturated rings. The molecule has 0 saturated heterocycles. The van der Waals surface area contributed by atoms with Crippen molar-refractivity contribution in [2.45, 2.75) is 57.9 Å². The molecule has 0 aliphatic heterocycles. The van der Waals surface area contributed by atoms with E-state index in [1.807, 2.05) is 11.8 Å². The Labute approximate surface area is 108 Å². The smallest absolute Gasteiger partial charge is 0.236 e. The van der Waals surface area contributed by atoms with Crippen LogP contribution in [0.3, 0.4) is 0 Å². The quantitative estimate of drug-likeness (QED) is 0.346. The van der Waals surface area contributed by atoms with Gasteiger partial charge in [0.15, 0.2) is 5.84 Å². The summed E-state index contributed by atoms with van der Waals surface area (Å²) in [6.07, 6.45) is 6.69. The predicted molar refractivity (Wildman–Crippen MR) is 69.3 cm³/mol. The standard InChI is InChI=1S/C13H23N3O2/c1-2-16(10-6-7-10)12(17)13(11(14)15-18)8-4-3-5-9-13/h10,18H,2-9H2,1H3,(H2,14,15). The van der Waals surface area contributed by atoms with Gasteiger partial charge in [-0.2, -0.15) is 0 Å². The predicted octanol–water partition coefficient (Wildman–Crippen LogP) is 1.69. The zero-order valence-electron chi connectivity index (χ0n) is 11.1. The molecule has 0 aromatic rings. The Hall–Kier alpha value is -1.26. The van der Waals surface area contributed by atoms with Crippen molar-refractivity contribution in [3.63, 3.8) is 0 Å². The molecule has 0 atom stereocenters. The Morgan fingerprint density at radius 3 is 2.44 bits per heavy atom. The molecule has 2 aliphatic rings. The highest BCUT2D eigenvalue weighted by Crippen LogP contribution is 2.40. The Balaban J connectivity index is 2.24. The average Bonchev–Trinajstić information content (AvgIpc) is 3.24. The molecule has 102 valence electrons. The van der Waals surface area contributed by atoms with Crippen LogP contribution in [0, 0.1) is 5.41 Å². The van der Waals surface area contributed by atoms with E-state index in [-0.39, 0.29) is 11.7 Å². The molecule has 0 unspecified atom stereocenters. The van der Waals surface area contributed by atoms with E-state index in [9.17, 15) is 4.79 Å². The Bertz CT molecular complexity index is 344. The fourth-order valence-corrected chi connectivity index (χ4v) is 3.06. The van der Waals surface area contributed by atoms with Crippen LogP contribution in [0.2, 0.25) is 0 Å². The summed E-state index contributed by atoms with van der Waals surface area (Å²) >= 11 is 0. The summed E-state index contributed by atoms with van der Waals surface area (Å²) in [5.41, 5.74) is 5.10. The Morgan fingerprint density at radius 1 is 1.39 bits per heavy atom. The monoisotopic (exact) mass is 253 g/mol. The molecule has 3 N–H and O–H groups in total. The van der Waals surface area contributed by atoms with Crippen molar-refractivity contribution in [2.24, 2.45) is 16.3 Å². The molecule has 0 spiro atoms. The first-order valence-electron chi connectivity index (χ1n) is 6.95. The van der Waals surface area contributed by atoms with Gasteiger partial charge in [-0.1, -0.05) is 24.4 Å². The third kappa shape index (κ3) is 2.18. The third-order valence-corrected chi connectivity index (χ3v) is 4.30. The summed E-state index contributed by atoms with van der Waals surface area (Å²) in [6.45, 7) is 2.71. The molecule has 1 amide bonds. The Kier molecular flexibility index (Phi) is 3.78. The number of carbonyl (C=O) groups excluding carboxylic acids is 1. The van der Waals surface area contributed by atoms with Crippen LogP contribution in [0.1, 0.15) is 51.9 Å². The highest BCUT2D eigenvalue weighted by atomic mass is 16.4. The van der Waals surface area contributed by atoms with Gasteiger partial charge in [-0.05, 0) is 32.6 Å². The van der Waals surface area contributed by atoms with E-state index in [1.165, 1.54) is 0 Å².